The minimum Gasteiger partial charge on any atom is -0.388 e. The van der Waals surface area contributed by atoms with Gasteiger partial charge >= 0.3 is 0 Å². The maximum Gasteiger partial charge on any atom is 0.165 e. The minimum atomic E-state index is -0.183. The number of allylic oxidation sites excluding steroid dienone is 1. The number of carbonyl (C=O) groups is 1. The van der Waals surface area contributed by atoms with Gasteiger partial charge in [0.15, 0.2) is 5.78 Å². The molecule has 0 spiro atoms. The van der Waals surface area contributed by atoms with Gasteiger partial charge in [-0.3, -0.25) is 4.79 Å². The summed E-state index contributed by atoms with van der Waals surface area (Å²) in [5.74, 6) is 0.204. The van der Waals surface area contributed by atoms with Crippen LogP contribution < -0.4 is 11.1 Å². The second-order valence-electron chi connectivity index (χ2n) is 3.96. The highest BCUT2D eigenvalue weighted by atomic mass is 16.1. The molecule has 0 fully saturated rings. The molecule has 0 amide bonds. The first-order valence-electron chi connectivity index (χ1n) is 5.12. The van der Waals surface area contributed by atoms with E-state index in [0.717, 1.165) is 37.1 Å². The average Bonchev–Trinajstić information content (AvgIpc) is 2.66. The van der Waals surface area contributed by atoms with Gasteiger partial charge in [0.1, 0.15) is 0 Å². The van der Waals surface area contributed by atoms with Crippen LogP contribution in [0.15, 0.2) is 23.9 Å². The fourth-order valence-electron chi connectivity index (χ4n) is 2.29. The third kappa shape index (κ3) is 1.38. The van der Waals surface area contributed by atoms with Crippen LogP contribution in [0.25, 0.3) is 0 Å². The van der Waals surface area contributed by atoms with Crippen molar-refractivity contribution < 1.29 is 4.79 Å². The minimum absolute atomic E-state index is 0.0360. The molecular weight excluding hydrogens is 176 g/mol. The zero-order chi connectivity index (χ0) is 10.1. The van der Waals surface area contributed by atoms with E-state index < -0.39 is 0 Å². The Balaban J connectivity index is 2.20. The van der Waals surface area contributed by atoms with Crippen LogP contribution in [-0.4, -0.2) is 18.4 Å². The zero-order valence-electron chi connectivity index (χ0n) is 8.25. The van der Waals surface area contributed by atoms with E-state index in [1.807, 2.05) is 0 Å². The molecule has 2 unspecified atom stereocenters. The second kappa shape index (κ2) is 3.58. The Morgan fingerprint density at radius 3 is 3.07 bits per heavy atom. The van der Waals surface area contributed by atoms with Crippen LogP contribution in [0.1, 0.15) is 19.3 Å². The van der Waals surface area contributed by atoms with Gasteiger partial charge in [-0.05, 0) is 19.3 Å². The van der Waals surface area contributed by atoms with Crippen LogP contribution >= 0.6 is 0 Å². The summed E-state index contributed by atoms with van der Waals surface area (Å²) in [5.41, 5.74) is 7.98. The summed E-state index contributed by atoms with van der Waals surface area (Å²) in [6.07, 6.45) is 4.37. The number of hydrogen-bond acceptors (Lipinski definition) is 3. The third-order valence-corrected chi connectivity index (χ3v) is 3.15. The van der Waals surface area contributed by atoms with Gasteiger partial charge in [-0.15, -0.1) is 6.58 Å². The van der Waals surface area contributed by atoms with Gasteiger partial charge in [-0.2, -0.15) is 0 Å². The Labute approximate surface area is 84.0 Å². The van der Waals surface area contributed by atoms with Crippen molar-refractivity contribution in [3.63, 3.8) is 0 Å². The molecule has 1 aliphatic carbocycles. The van der Waals surface area contributed by atoms with E-state index in [2.05, 4.69) is 11.9 Å². The summed E-state index contributed by atoms with van der Waals surface area (Å²) < 4.78 is 0. The van der Waals surface area contributed by atoms with Crippen molar-refractivity contribution in [3.8, 4) is 0 Å². The fraction of sp³-hybridized carbons (Fsp3) is 0.545. The number of hydrogen-bond donors (Lipinski definition) is 2. The highest BCUT2D eigenvalue weighted by Crippen LogP contribution is 2.31. The van der Waals surface area contributed by atoms with E-state index in [1.54, 1.807) is 6.08 Å². The molecule has 2 rings (SSSR count). The van der Waals surface area contributed by atoms with E-state index in [9.17, 15) is 4.79 Å². The molecule has 3 nitrogen and oxygen atoms in total. The highest BCUT2D eigenvalue weighted by Gasteiger charge is 2.34. The number of nitrogens with one attached hydrogen (secondary N) is 1. The lowest BCUT2D eigenvalue weighted by Crippen LogP contribution is -2.37. The van der Waals surface area contributed by atoms with Gasteiger partial charge in [-0.1, -0.05) is 6.08 Å². The van der Waals surface area contributed by atoms with E-state index in [1.165, 1.54) is 0 Å². The first-order chi connectivity index (χ1) is 6.74. The third-order valence-electron chi connectivity index (χ3n) is 3.15. The largest absolute Gasteiger partial charge is 0.388 e. The molecule has 3 N–H and O–H groups in total. The zero-order valence-corrected chi connectivity index (χ0v) is 8.25. The van der Waals surface area contributed by atoms with Crippen LogP contribution in [0.5, 0.6) is 0 Å². The smallest absolute Gasteiger partial charge is 0.165 e. The SMILES string of the molecule is C=CC(N)C1CCC2=C(CCN2)C1=O. The molecule has 0 bridgehead atoms. The summed E-state index contributed by atoms with van der Waals surface area (Å²) in [5, 5.41) is 3.26. The molecule has 0 radical (unpaired) electrons. The van der Waals surface area contributed by atoms with Crippen LogP contribution in [0.2, 0.25) is 0 Å². The van der Waals surface area contributed by atoms with Gasteiger partial charge in [0.2, 0.25) is 0 Å². The van der Waals surface area contributed by atoms with Gasteiger partial charge in [-0.25, -0.2) is 0 Å². The topological polar surface area (TPSA) is 55.1 Å². The van der Waals surface area contributed by atoms with Crippen molar-refractivity contribution in [2.24, 2.45) is 11.7 Å². The van der Waals surface area contributed by atoms with E-state index in [-0.39, 0.29) is 17.7 Å². The van der Waals surface area contributed by atoms with Crippen molar-refractivity contribution in [2.75, 3.05) is 6.54 Å². The van der Waals surface area contributed by atoms with Crippen molar-refractivity contribution in [1.82, 2.24) is 5.32 Å². The Bertz CT molecular complexity index is 306. The monoisotopic (exact) mass is 192 g/mol. The first kappa shape index (κ1) is 9.46. The maximum atomic E-state index is 12.0. The highest BCUT2D eigenvalue weighted by molar-refractivity contribution is 5.99. The Hall–Kier alpha value is -1.09. The molecule has 1 aliphatic heterocycles. The lowest BCUT2D eigenvalue weighted by molar-refractivity contribution is -0.120. The first-order valence-corrected chi connectivity index (χ1v) is 5.12. The van der Waals surface area contributed by atoms with Crippen LogP contribution in [0, 0.1) is 5.92 Å². The number of rotatable bonds is 2. The Morgan fingerprint density at radius 1 is 1.57 bits per heavy atom. The Kier molecular flexibility index (Phi) is 2.42. The van der Waals surface area contributed by atoms with E-state index >= 15 is 0 Å². The second-order valence-corrected chi connectivity index (χ2v) is 3.96. The summed E-state index contributed by atoms with van der Waals surface area (Å²) >= 11 is 0. The number of Topliss-reactive ketones (excluding diaryl/α,β-unsaturated/α-hetero) is 1. The standard InChI is InChI=1S/C11H16N2O/c1-2-9(12)7-3-4-10-8(11(7)14)5-6-13-10/h2,7,9,13H,1,3-6,12H2. The summed E-state index contributed by atoms with van der Waals surface area (Å²) in [4.78, 5) is 12.0. The maximum absolute atomic E-state index is 12.0. The predicted octanol–water partition coefficient (Wildman–Crippen LogP) is 0.726. The lowest BCUT2D eigenvalue weighted by atomic mass is 9.81. The van der Waals surface area contributed by atoms with Gasteiger partial charge in [0.05, 0.1) is 0 Å². The van der Waals surface area contributed by atoms with Crippen LogP contribution in [-0.2, 0) is 4.79 Å². The van der Waals surface area contributed by atoms with E-state index in [4.69, 9.17) is 5.73 Å². The predicted molar refractivity (Wildman–Crippen MR) is 55.5 cm³/mol. The molecule has 3 heteroatoms. The normalized spacial score (nSPS) is 28.4. The Morgan fingerprint density at radius 2 is 2.36 bits per heavy atom. The summed E-state index contributed by atoms with van der Waals surface area (Å²) in [7, 11) is 0. The molecule has 0 aromatic rings. The molecular formula is C11H16N2O. The van der Waals surface area contributed by atoms with Crippen molar-refractivity contribution in [1.29, 1.82) is 0 Å². The summed E-state index contributed by atoms with van der Waals surface area (Å²) in [6, 6.07) is -0.183. The molecule has 0 aromatic carbocycles. The van der Waals surface area contributed by atoms with Crippen LogP contribution in [0.3, 0.4) is 0 Å². The quantitative estimate of drug-likeness (QED) is 0.634. The number of carbonyl (C=O) groups excluding carboxylic acids is 1. The molecule has 0 saturated heterocycles. The lowest BCUT2D eigenvalue weighted by Gasteiger charge is -2.25. The molecule has 0 aromatic heterocycles. The van der Waals surface area contributed by atoms with Crippen molar-refractivity contribution >= 4 is 5.78 Å². The summed E-state index contributed by atoms with van der Waals surface area (Å²) in [6.45, 7) is 4.56. The fourth-order valence-corrected chi connectivity index (χ4v) is 2.29. The van der Waals surface area contributed by atoms with Crippen molar-refractivity contribution in [3.05, 3.63) is 23.9 Å². The van der Waals surface area contributed by atoms with Gasteiger partial charge < -0.3 is 11.1 Å². The molecule has 2 aliphatic rings. The molecule has 1 heterocycles. The average molecular weight is 192 g/mol. The van der Waals surface area contributed by atoms with Gasteiger partial charge in [0, 0.05) is 29.8 Å². The van der Waals surface area contributed by atoms with Crippen LogP contribution in [0.4, 0.5) is 0 Å². The molecule has 2 atom stereocenters. The van der Waals surface area contributed by atoms with Crippen molar-refractivity contribution in [2.45, 2.75) is 25.3 Å². The molecule has 76 valence electrons. The molecule has 14 heavy (non-hydrogen) atoms. The van der Waals surface area contributed by atoms with E-state index in [0.29, 0.717) is 0 Å². The molecule has 0 saturated carbocycles. The number of nitrogens with two attached hydrogens (primary N) is 1. The van der Waals surface area contributed by atoms with Gasteiger partial charge in [0.25, 0.3) is 0 Å². The number of ketones is 1.